The van der Waals surface area contributed by atoms with Gasteiger partial charge in [-0.25, -0.2) is 0 Å². The van der Waals surface area contributed by atoms with E-state index in [1.54, 1.807) is 7.11 Å². The maximum Gasteiger partial charge on any atom is 0.125 e. The fraction of sp³-hybridized carbons (Fsp3) is 0.647. The van der Waals surface area contributed by atoms with E-state index in [9.17, 15) is 5.11 Å². The van der Waals surface area contributed by atoms with Gasteiger partial charge in [-0.15, -0.1) is 0 Å². The van der Waals surface area contributed by atoms with Gasteiger partial charge in [0.1, 0.15) is 5.75 Å². The molecule has 118 valence electrons. The molecule has 1 aromatic carbocycles. The zero-order chi connectivity index (χ0) is 15.2. The summed E-state index contributed by atoms with van der Waals surface area (Å²) in [6.07, 6.45) is 3.31. The van der Waals surface area contributed by atoms with Gasteiger partial charge in [0.05, 0.1) is 7.11 Å². The third-order valence-corrected chi connectivity index (χ3v) is 4.53. The van der Waals surface area contributed by atoms with Crippen LogP contribution in [0.15, 0.2) is 18.2 Å². The summed E-state index contributed by atoms with van der Waals surface area (Å²) in [6, 6.07) is 6.53. The number of piperidine rings is 1. The third kappa shape index (κ3) is 3.69. The molecule has 2 unspecified atom stereocenters. The summed E-state index contributed by atoms with van der Waals surface area (Å²) in [5.41, 5.74) is 2.49. The minimum Gasteiger partial charge on any atom is -0.496 e. The Morgan fingerprint density at radius 3 is 2.95 bits per heavy atom. The maximum absolute atomic E-state index is 9.19. The Labute approximate surface area is 128 Å². The van der Waals surface area contributed by atoms with Crippen molar-refractivity contribution in [3.63, 3.8) is 0 Å². The average molecular weight is 292 g/mol. The van der Waals surface area contributed by atoms with Crippen molar-refractivity contribution in [2.24, 2.45) is 5.92 Å². The highest BCUT2D eigenvalue weighted by Gasteiger charge is 2.24. The van der Waals surface area contributed by atoms with E-state index in [1.165, 1.54) is 24.1 Å². The van der Waals surface area contributed by atoms with E-state index in [2.05, 4.69) is 29.3 Å². The molecule has 1 saturated heterocycles. The van der Waals surface area contributed by atoms with Gasteiger partial charge in [0.15, 0.2) is 0 Å². The van der Waals surface area contributed by atoms with Crippen LogP contribution in [0.1, 0.15) is 37.8 Å². The first-order valence-electron chi connectivity index (χ1n) is 7.91. The fourth-order valence-corrected chi connectivity index (χ4v) is 3.27. The van der Waals surface area contributed by atoms with Crippen molar-refractivity contribution in [1.29, 1.82) is 0 Å². The Morgan fingerprint density at radius 1 is 1.48 bits per heavy atom. The van der Waals surface area contributed by atoms with Crippen molar-refractivity contribution in [3.05, 3.63) is 23.8 Å². The Kier molecular flexibility index (Phi) is 5.88. The highest BCUT2D eigenvalue weighted by atomic mass is 16.5. The van der Waals surface area contributed by atoms with Gasteiger partial charge in [0, 0.05) is 37.0 Å². The van der Waals surface area contributed by atoms with Gasteiger partial charge < -0.3 is 20.1 Å². The van der Waals surface area contributed by atoms with Crippen LogP contribution in [0.2, 0.25) is 0 Å². The summed E-state index contributed by atoms with van der Waals surface area (Å²) in [7, 11) is 3.71. The third-order valence-electron chi connectivity index (χ3n) is 4.53. The predicted molar refractivity (Wildman–Crippen MR) is 87.1 cm³/mol. The van der Waals surface area contributed by atoms with Crippen LogP contribution >= 0.6 is 0 Å². The van der Waals surface area contributed by atoms with Gasteiger partial charge in [0.2, 0.25) is 0 Å². The highest BCUT2D eigenvalue weighted by molar-refractivity contribution is 5.61. The molecule has 0 aromatic heterocycles. The Morgan fingerprint density at radius 2 is 2.29 bits per heavy atom. The van der Waals surface area contributed by atoms with E-state index < -0.39 is 0 Å². The number of rotatable bonds is 6. The lowest BCUT2D eigenvalue weighted by Crippen LogP contribution is -2.37. The van der Waals surface area contributed by atoms with E-state index >= 15 is 0 Å². The van der Waals surface area contributed by atoms with Crippen LogP contribution in [0.5, 0.6) is 5.75 Å². The number of nitrogens with zero attached hydrogens (tertiary/aromatic N) is 1. The first-order valence-corrected chi connectivity index (χ1v) is 7.91. The molecule has 0 spiro atoms. The lowest BCUT2D eigenvalue weighted by atomic mass is 9.93. The van der Waals surface area contributed by atoms with Gasteiger partial charge in [-0.1, -0.05) is 6.07 Å². The molecule has 1 aliphatic rings. The van der Waals surface area contributed by atoms with E-state index in [4.69, 9.17) is 4.74 Å². The van der Waals surface area contributed by atoms with Crippen LogP contribution in [-0.4, -0.2) is 39.0 Å². The number of hydrogen-bond donors (Lipinski definition) is 2. The summed E-state index contributed by atoms with van der Waals surface area (Å²) in [5.74, 6) is 1.53. The Balaban J connectivity index is 2.29. The van der Waals surface area contributed by atoms with E-state index in [0.29, 0.717) is 5.92 Å². The Bertz CT molecular complexity index is 448. The number of aliphatic hydroxyl groups excluding tert-OH is 1. The van der Waals surface area contributed by atoms with Crippen LogP contribution in [0.4, 0.5) is 5.69 Å². The second-order valence-corrected chi connectivity index (χ2v) is 5.87. The molecule has 0 amide bonds. The molecule has 1 fully saturated rings. The SMILES string of the molecule is CNC(C)c1c(OC)cccc1N1CCCC(CCO)C1. The normalized spacial score (nSPS) is 20.4. The summed E-state index contributed by atoms with van der Waals surface area (Å²) >= 11 is 0. The molecule has 2 atom stereocenters. The molecule has 0 saturated carbocycles. The van der Waals surface area contributed by atoms with Crippen LogP contribution in [0.3, 0.4) is 0 Å². The number of nitrogens with one attached hydrogen (secondary N) is 1. The average Bonchev–Trinajstić information content (AvgIpc) is 2.54. The minimum atomic E-state index is 0.245. The van der Waals surface area contributed by atoms with Crippen molar-refractivity contribution in [2.45, 2.75) is 32.2 Å². The first-order chi connectivity index (χ1) is 10.2. The molecule has 0 bridgehead atoms. The summed E-state index contributed by atoms with van der Waals surface area (Å²) < 4.78 is 5.57. The maximum atomic E-state index is 9.19. The second-order valence-electron chi connectivity index (χ2n) is 5.87. The van der Waals surface area contributed by atoms with E-state index in [1.807, 2.05) is 13.1 Å². The molecule has 4 heteroatoms. The standard InChI is InChI=1S/C17H28N2O2/c1-13(18-2)17-15(7-4-8-16(17)21-3)19-10-5-6-14(12-19)9-11-20/h4,7-8,13-14,18,20H,5-6,9-12H2,1-3H3. The predicted octanol–water partition coefficient (Wildman–Crippen LogP) is 2.57. The molecule has 1 heterocycles. The number of benzene rings is 1. The number of methoxy groups -OCH3 is 1. The molecule has 2 N–H and O–H groups in total. The smallest absolute Gasteiger partial charge is 0.125 e. The molecular weight excluding hydrogens is 264 g/mol. The molecule has 4 nitrogen and oxygen atoms in total. The minimum absolute atomic E-state index is 0.245. The van der Waals surface area contributed by atoms with E-state index in [0.717, 1.165) is 25.3 Å². The first kappa shape index (κ1) is 16.1. The van der Waals surface area contributed by atoms with E-state index in [-0.39, 0.29) is 12.6 Å². The van der Waals surface area contributed by atoms with Crippen molar-refractivity contribution in [1.82, 2.24) is 5.32 Å². The molecule has 1 aromatic rings. The van der Waals surface area contributed by atoms with Crippen molar-refractivity contribution >= 4 is 5.69 Å². The lowest BCUT2D eigenvalue weighted by molar-refractivity contribution is 0.244. The summed E-state index contributed by atoms with van der Waals surface area (Å²) in [4.78, 5) is 2.45. The zero-order valence-electron chi connectivity index (χ0n) is 13.4. The molecular formula is C17H28N2O2. The topological polar surface area (TPSA) is 44.7 Å². The Hall–Kier alpha value is -1.26. The van der Waals surface area contributed by atoms with Crippen LogP contribution in [0.25, 0.3) is 0 Å². The van der Waals surface area contributed by atoms with Gasteiger partial charge in [-0.05, 0) is 51.3 Å². The van der Waals surface area contributed by atoms with Gasteiger partial charge >= 0.3 is 0 Å². The second kappa shape index (κ2) is 7.66. The van der Waals surface area contributed by atoms with Crippen molar-refractivity contribution in [2.75, 3.05) is 38.8 Å². The summed E-state index contributed by atoms with van der Waals surface area (Å²) in [5, 5.41) is 12.5. The van der Waals surface area contributed by atoms with Crippen molar-refractivity contribution < 1.29 is 9.84 Å². The number of hydrogen-bond acceptors (Lipinski definition) is 4. The molecule has 2 rings (SSSR count). The van der Waals surface area contributed by atoms with Gasteiger partial charge in [-0.3, -0.25) is 0 Å². The number of ether oxygens (including phenoxy) is 1. The highest BCUT2D eigenvalue weighted by Crippen LogP contribution is 2.36. The van der Waals surface area contributed by atoms with Crippen LogP contribution in [0, 0.1) is 5.92 Å². The quantitative estimate of drug-likeness (QED) is 0.846. The lowest BCUT2D eigenvalue weighted by Gasteiger charge is -2.36. The molecule has 1 aliphatic heterocycles. The van der Waals surface area contributed by atoms with Crippen LogP contribution in [-0.2, 0) is 0 Å². The number of aliphatic hydroxyl groups is 1. The molecule has 21 heavy (non-hydrogen) atoms. The summed E-state index contributed by atoms with van der Waals surface area (Å²) in [6.45, 7) is 4.56. The molecule has 0 radical (unpaired) electrons. The number of anilines is 1. The zero-order valence-corrected chi connectivity index (χ0v) is 13.4. The van der Waals surface area contributed by atoms with Crippen LogP contribution < -0.4 is 15.0 Å². The fourth-order valence-electron chi connectivity index (χ4n) is 3.27. The monoisotopic (exact) mass is 292 g/mol. The van der Waals surface area contributed by atoms with Gasteiger partial charge in [-0.2, -0.15) is 0 Å². The van der Waals surface area contributed by atoms with Gasteiger partial charge in [0.25, 0.3) is 0 Å². The largest absolute Gasteiger partial charge is 0.496 e. The van der Waals surface area contributed by atoms with Crippen molar-refractivity contribution in [3.8, 4) is 5.75 Å². The molecule has 0 aliphatic carbocycles.